The largest absolute Gasteiger partial charge is 0.417 e. The molecule has 1 unspecified atom stereocenters. The third-order valence-corrected chi connectivity index (χ3v) is 3.58. The molecule has 0 saturated carbocycles. The number of oxazole rings is 1. The van der Waals surface area contributed by atoms with Crippen LogP contribution in [0.4, 0.5) is 0 Å². The maximum atomic E-state index is 11.1. The van der Waals surface area contributed by atoms with Gasteiger partial charge < -0.3 is 9.52 Å². The lowest BCUT2D eigenvalue weighted by Crippen LogP contribution is -2.28. The number of aliphatic hydroxyl groups excluding tert-OH is 1. The molecule has 1 aliphatic rings. The maximum Gasteiger partial charge on any atom is 0.417 e. The van der Waals surface area contributed by atoms with Crippen molar-refractivity contribution in [1.29, 1.82) is 0 Å². The van der Waals surface area contributed by atoms with Gasteiger partial charge in [-0.15, -0.1) is 0 Å². The van der Waals surface area contributed by atoms with Gasteiger partial charge >= 0.3 is 5.76 Å². The highest BCUT2D eigenvalue weighted by molar-refractivity contribution is 5.72. The summed E-state index contributed by atoms with van der Waals surface area (Å²) in [5.74, 6) is -0.441. The first-order chi connectivity index (χ1) is 8.78. The minimum absolute atomic E-state index is 0.00954. The summed E-state index contributed by atoms with van der Waals surface area (Å²) >= 11 is 0. The van der Waals surface area contributed by atoms with Crippen molar-refractivity contribution < 1.29 is 9.52 Å². The molecule has 5 nitrogen and oxygen atoms in total. The number of fused-ring (bicyclic) bond motifs is 1. The zero-order chi connectivity index (χ0) is 12.5. The van der Waals surface area contributed by atoms with Crippen LogP contribution in [0.2, 0.25) is 0 Å². The fourth-order valence-electron chi connectivity index (χ4n) is 2.66. The van der Waals surface area contributed by atoms with Gasteiger partial charge in [-0.2, -0.15) is 0 Å². The number of hydrogen-bond acceptors (Lipinski definition) is 4. The van der Waals surface area contributed by atoms with E-state index in [1.807, 2.05) is 12.1 Å². The molecule has 2 aromatic rings. The third-order valence-electron chi connectivity index (χ3n) is 3.58. The van der Waals surface area contributed by atoms with Crippen molar-refractivity contribution in [3.05, 3.63) is 34.3 Å². The molecule has 2 N–H and O–H groups in total. The van der Waals surface area contributed by atoms with E-state index in [1.54, 1.807) is 6.07 Å². The molecule has 2 heterocycles. The lowest BCUT2D eigenvalue weighted by Gasteiger charge is -2.25. The highest BCUT2D eigenvalue weighted by atomic mass is 16.4. The number of H-pyrrole nitrogens is 1. The Hall–Kier alpha value is -1.59. The van der Waals surface area contributed by atoms with Gasteiger partial charge in [-0.05, 0) is 43.6 Å². The second-order valence-electron chi connectivity index (χ2n) is 4.71. The van der Waals surface area contributed by atoms with Crippen LogP contribution < -0.4 is 5.76 Å². The standard InChI is InChI=1S/C13H16N2O3/c16-8-11(15-5-1-2-6-15)9-3-4-12-10(7-9)14-13(17)18-12/h3-4,7,11,16H,1-2,5-6,8H2,(H,14,17). The van der Waals surface area contributed by atoms with Gasteiger partial charge in [0.05, 0.1) is 18.2 Å². The van der Waals surface area contributed by atoms with Crippen molar-refractivity contribution in [2.75, 3.05) is 19.7 Å². The molecule has 0 aliphatic carbocycles. The second-order valence-corrected chi connectivity index (χ2v) is 4.71. The van der Waals surface area contributed by atoms with E-state index in [9.17, 15) is 9.90 Å². The molecule has 1 atom stereocenters. The number of likely N-dealkylation sites (tertiary alicyclic amines) is 1. The molecule has 1 aromatic carbocycles. The van der Waals surface area contributed by atoms with Crippen molar-refractivity contribution in [2.45, 2.75) is 18.9 Å². The third kappa shape index (κ3) is 1.95. The Morgan fingerprint density at radius 1 is 1.39 bits per heavy atom. The fourth-order valence-corrected chi connectivity index (χ4v) is 2.66. The molecule has 1 saturated heterocycles. The Labute approximate surface area is 104 Å². The molecular formula is C13H16N2O3. The molecule has 18 heavy (non-hydrogen) atoms. The van der Waals surface area contributed by atoms with Crippen LogP contribution in [0.15, 0.2) is 27.4 Å². The van der Waals surface area contributed by atoms with Gasteiger partial charge in [0, 0.05) is 0 Å². The Morgan fingerprint density at radius 3 is 2.89 bits per heavy atom. The molecule has 1 aromatic heterocycles. The molecule has 0 amide bonds. The molecule has 1 aliphatic heterocycles. The Bertz CT molecular complexity index is 596. The molecular weight excluding hydrogens is 232 g/mol. The van der Waals surface area contributed by atoms with Crippen LogP contribution >= 0.6 is 0 Å². The lowest BCUT2D eigenvalue weighted by atomic mass is 10.1. The predicted molar refractivity (Wildman–Crippen MR) is 67.5 cm³/mol. The minimum Gasteiger partial charge on any atom is -0.408 e. The van der Waals surface area contributed by atoms with E-state index >= 15 is 0 Å². The maximum absolute atomic E-state index is 11.1. The summed E-state index contributed by atoms with van der Waals surface area (Å²) in [6.45, 7) is 2.13. The molecule has 5 heteroatoms. The number of benzene rings is 1. The first kappa shape index (κ1) is 11.5. The number of aromatic amines is 1. The van der Waals surface area contributed by atoms with Gasteiger partial charge in [0.15, 0.2) is 5.58 Å². The summed E-state index contributed by atoms with van der Waals surface area (Å²) in [5.41, 5.74) is 2.26. The van der Waals surface area contributed by atoms with E-state index in [1.165, 1.54) is 12.8 Å². The summed E-state index contributed by atoms with van der Waals surface area (Å²) in [5, 5.41) is 9.58. The molecule has 0 bridgehead atoms. The van der Waals surface area contributed by atoms with Crippen LogP contribution in [-0.4, -0.2) is 34.7 Å². The summed E-state index contributed by atoms with van der Waals surface area (Å²) < 4.78 is 4.97. The van der Waals surface area contributed by atoms with Crippen molar-refractivity contribution in [3.63, 3.8) is 0 Å². The van der Waals surface area contributed by atoms with E-state index in [-0.39, 0.29) is 12.6 Å². The van der Waals surface area contributed by atoms with E-state index in [4.69, 9.17) is 4.42 Å². The zero-order valence-corrected chi connectivity index (χ0v) is 10.1. The summed E-state index contributed by atoms with van der Waals surface area (Å²) in [6.07, 6.45) is 2.36. The highest BCUT2D eigenvalue weighted by Gasteiger charge is 2.23. The normalized spacial score (nSPS) is 18.5. The monoisotopic (exact) mass is 248 g/mol. The van der Waals surface area contributed by atoms with Gasteiger partial charge in [-0.25, -0.2) is 4.79 Å². The Balaban J connectivity index is 1.98. The second kappa shape index (κ2) is 4.59. The molecule has 3 rings (SSSR count). The van der Waals surface area contributed by atoms with Crippen molar-refractivity contribution >= 4 is 11.1 Å². The topological polar surface area (TPSA) is 69.5 Å². The van der Waals surface area contributed by atoms with E-state index < -0.39 is 5.76 Å². The van der Waals surface area contributed by atoms with Crippen LogP contribution in [0, 0.1) is 0 Å². The van der Waals surface area contributed by atoms with Crippen LogP contribution in [0.5, 0.6) is 0 Å². The van der Waals surface area contributed by atoms with E-state index in [0.717, 1.165) is 18.7 Å². The van der Waals surface area contributed by atoms with Gasteiger partial charge in [0.1, 0.15) is 0 Å². The molecule has 0 spiro atoms. The average molecular weight is 248 g/mol. The molecule has 1 fully saturated rings. The van der Waals surface area contributed by atoms with Crippen molar-refractivity contribution in [1.82, 2.24) is 9.88 Å². The van der Waals surface area contributed by atoms with Gasteiger partial charge in [-0.3, -0.25) is 9.88 Å². The summed E-state index contributed by atoms with van der Waals surface area (Å²) in [7, 11) is 0. The first-order valence-electron chi connectivity index (χ1n) is 6.25. The fraction of sp³-hybridized carbons (Fsp3) is 0.462. The number of rotatable bonds is 3. The first-order valence-corrected chi connectivity index (χ1v) is 6.25. The summed E-state index contributed by atoms with van der Waals surface area (Å²) in [6, 6.07) is 5.59. The minimum atomic E-state index is -0.441. The molecule has 0 radical (unpaired) electrons. The van der Waals surface area contributed by atoms with Crippen LogP contribution in [-0.2, 0) is 0 Å². The van der Waals surface area contributed by atoms with Crippen LogP contribution in [0.25, 0.3) is 11.1 Å². The van der Waals surface area contributed by atoms with Crippen molar-refractivity contribution in [3.8, 4) is 0 Å². The Kier molecular flexibility index (Phi) is 2.93. The van der Waals surface area contributed by atoms with Crippen molar-refractivity contribution in [2.24, 2.45) is 0 Å². The quantitative estimate of drug-likeness (QED) is 0.857. The molecule has 96 valence electrons. The van der Waals surface area contributed by atoms with Gasteiger partial charge in [0.25, 0.3) is 0 Å². The average Bonchev–Trinajstić information content (AvgIpc) is 2.97. The zero-order valence-electron chi connectivity index (χ0n) is 10.1. The number of nitrogens with one attached hydrogen (secondary N) is 1. The highest BCUT2D eigenvalue weighted by Crippen LogP contribution is 2.26. The predicted octanol–water partition coefficient (Wildman–Crippen LogP) is 1.25. The van der Waals surface area contributed by atoms with Crippen LogP contribution in [0.1, 0.15) is 24.4 Å². The SMILES string of the molecule is O=c1[nH]c2cc(C(CO)N3CCCC3)ccc2o1. The van der Waals surface area contributed by atoms with E-state index in [2.05, 4.69) is 9.88 Å². The van der Waals surface area contributed by atoms with Gasteiger partial charge in [-0.1, -0.05) is 6.07 Å². The van der Waals surface area contributed by atoms with Gasteiger partial charge in [0.2, 0.25) is 0 Å². The number of aliphatic hydroxyl groups is 1. The Morgan fingerprint density at radius 2 is 2.17 bits per heavy atom. The number of hydrogen-bond donors (Lipinski definition) is 2. The van der Waals surface area contributed by atoms with E-state index in [0.29, 0.717) is 11.1 Å². The lowest BCUT2D eigenvalue weighted by molar-refractivity contribution is 0.147. The van der Waals surface area contributed by atoms with Crippen LogP contribution in [0.3, 0.4) is 0 Å². The summed E-state index contributed by atoms with van der Waals surface area (Å²) in [4.78, 5) is 16.0. The number of nitrogens with zero attached hydrogens (tertiary/aromatic N) is 1. The smallest absolute Gasteiger partial charge is 0.408 e. The number of aromatic nitrogens is 1.